The molecule has 130 valence electrons. The van der Waals surface area contributed by atoms with E-state index in [0.717, 1.165) is 49.7 Å². The van der Waals surface area contributed by atoms with Crippen molar-refractivity contribution in [3.8, 4) is 0 Å². The smallest absolute Gasteiger partial charge is 0.248 e. The Morgan fingerprint density at radius 3 is 2.40 bits per heavy atom. The molecule has 25 heavy (non-hydrogen) atoms. The summed E-state index contributed by atoms with van der Waals surface area (Å²) in [5, 5.41) is 3.02. The van der Waals surface area contributed by atoms with Crippen molar-refractivity contribution in [1.29, 1.82) is 0 Å². The molecule has 0 unspecified atom stereocenters. The lowest BCUT2D eigenvalue weighted by atomic mass is 10.2. The topological polar surface area (TPSA) is 35.6 Å². The van der Waals surface area contributed by atoms with Gasteiger partial charge in [-0.3, -0.25) is 4.79 Å². The number of nitrogens with one attached hydrogen (secondary N) is 1. The molecule has 1 N–H and O–H groups in total. The molecule has 1 aliphatic rings. The number of hydrogen-bond acceptors (Lipinski definition) is 3. The van der Waals surface area contributed by atoms with Crippen molar-refractivity contribution < 1.29 is 4.79 Å². The highest BCUT2D eigenvalue weighted by molar-refractivity contribution is 6.03. The second-order valence-corrected chi connectivity index (χ2v) is 6.17. The largest absolute Gasteiger partial charge is 0.367 e. The van der Waals surface area contributed by atoms with Crippen molar-refractivity contribution in [3.63, 3.8) is 0 Å². The van der Waals surface area contributed by atoms with E-state index >= 15 is 0 Å². The van der Waals surface area contributed by atoms with E-state index in [1.54, 1.807) is 6.08 Å². The molecule has 0 radical (unpaired) electrons. The number of carbonyl (C=O) groups excluding carboxylic acids is 1. The Kier molecular flexibility index (Phi) is 5.86. The first kappa shape index (κ1) is 17.2. The van der Waals surface area contributed by atoms with Crippen LogP contribution in [0, 0.1) is 0 Å². The van der Waals surface area contributed by atoms with Crippen LogP contribution < -0.4 is 10.2 Å². The predicted octanol–water partition coefficient (Wildman–Crippen LogP) is 3.48. The molecule has 1 amide bonds. The lowest BCUT2D eigenvalue weighted by Crippen LogP contribution is -2.46. The van der Waals surface area contributed by atoms with Crippen LogP contribution in [-0.4, -0.2) is 43.5 Å². The summed E-state index contributed by atoms with van der Waals surface area (Å²) in [6.07, 6.45) is 3.42. The Labute approximate surface area is 149 Å². The van der Waals surface area contributed by atoms with Crippen LogP contribution in [0.5, 0.6) is 0 Å². The summed E-state index contributed by atoms with van der Waals surface area (Å²) in [7, 11) is 0. The van der Waals surface area contributed by atoms with Gasteiger partial charge in [-0.1, -0.05) is 49.4 Å². The fourth-order valence-corrected chi connectivity index (χ4v) is 3.07. The Hall–Kier alpha value is -2.59. The second kappa shape index (κ2) is 8.49. The number of nitrogens with zero attached hydrogens (tertiary/aromatic N) is 2. The highest BCUT2D eigenvalue weighted by Crippen LogP contribution is 2.26. The van der Waals surface area contributed by atoms with Crippen LogP contribution >= 0.6 is 0 Å². The maximum Gasteiger partial charge on any atom is 0.248 e. The van der Waals surface area contributed by atoms with Crippen LogP contribution in [0.4, 0.5) is 11.4 Å². The highest BCUT2D eigenvalue weighted by atomic mass is 16.1. The van der Waals surface area contributed by atoms with Gasteiger partial charge in [0.2, 0.25) is 5.91 Å². The molecule has 2 aromatic rings. The maximum atomic E-state index is 12.3. The molecule has 1 saturated heterocycles. The molecule has 0 spiro atoms. The molecule has 1 heterocycles. The molecule has 0 bridgehead atoms. The molecule has 4 nitrogen and oxygen atoms in total. The van der Waals surface area contributed by atoms with E-state index < -0.39 is 0 Å². The van der Waals surface area contributed by atoms with Gasteiger partial charge in [-0.25, -0.2) is 0 Å². The Morgan fingerprint density at radius 2 is 1.68 bits per heavy atom. The standard InChI is InChI=1S/C21H25N3O/c1-2-23-14-16-24(17-15-23)20-11-7-6-10-19(20)22-21(25)13-12-18-8-4-3-5-9-18/h3-13H,2,14-17H2,1H3,(H,22,25)/b13-12+. The predicted molar refractivity (Wildman–Crippen MR) is 105 cm³/mol. The molecular formula is C21H25N3O. The minimum absolute atomic E-state index is 0.108. The number of benzene rings is 2. The summed E-state index contributed by atoms with van der Waals surface area (Å²) in [4.78, 5) is 17.1. The molecule has 0 aromatic heterocycles. The third-order valence-corrected chi connectivity index (χ3v) is 4.55. The van der Waals surface area contributed by atoms with Gasteiger partial charge in [0.25, 0.3) is 0 Å². The van der Waals surface area contributed by atoms with Crippen LogP contribution in [0.2, 0.25) is 0 Å². The van der Waals surface area contributed by atoms with E-state index in [1.165, 1.54) is 0 Å². The Balaban J connectivity index is 1.67. The molecule has 3 rings (SSSR count). The van der Waals surface area contributed by atoms with Crippen LogP contribution in [0.15, 0.2) is 60.7 Å². The minimum atomic E-state index is -0.108. The van der Waals surface area contributed by atoms with Gasteiger partial charge in [-0.2, -0.15) is 0 Å². The average Bonchev–Trinajstić information content (AvgIpc) is 2.68. The fraction of sp³-hybridized carbons (Fsp3) is 0.286. The van der Waals surface area contributed by atoms with Crippen LogP contribution in [0.25, 0.3) is 6.08 Å². The molecule has 1 fully saturated rings. The summed E-state index contributed by atoms with van der Waals surface area (Å²) in [6.45, 7) is 7.39. The summed E-state index contributed by atoms with van der Waals surface area (Å²) in [5.74, 6) is -0.108. The Morgan fingerprint density at radius 1 is 1.00 bits per heavy atom. The van der Waals surface area contributed by atoms with Crippen molar-refractivity contribution in [2.24, 2.45) is 0 Å². The van der Waals surface area contributed by atoms with E-state index in [1.807, 2.05) is 54.6 Å². The van der Waals surface area contributed by atoms with Gasteiger partial charge in [0.05, 0.1) is 11.4 Å². The normalized spacial score (nSPS) is 15.5. The summed E-state index contributed by atoms with van der Waals surface area (Å²) in [6, 6.07) is 17.9. The first-order valence-electron chi connectivity index (χ1n) is 8.86. The zero-order valence-electron chi connectivity index (χ0n) is 14.7. The van der Waals surface area contributed by atoms with E-state index in [0.29, 0.717) is 0 Å². The Bertz CT molecular complexity index is 719. The van der Waals surface area contributed by atoms with Gasteiger partial charge >= 0.3 is 0 Å². The van der Waals surface area contributed by atoms with Gasteiger partial charge in [0, 0.05) is 32.3 Å². The molecule has 0 atom stereocenters. The third-order valence-electron chi connectivity index (χ3n) is 4.55. The summed E-state index contributed by atoms with van der Waals surface area (Å²) >= 11 is 0. The number of likely N-dealkylation sites (N-methyl/N-ethyl adjacent to an activating group) is 1. The number of hydrogen-bond donors (Lipinski definition) is 1. The van der Waals surface area contributed by atoms with Crippen LogP contribution in [-0.2, 0) is 4.79 Å². The average molecular weight is 335 g/mol. The molecule has 0 aliphatic carbocycles. The molecular weight excluding hydrogens is 310 g/mol. The first-order chi connectivity index (χ1) is 12.3. The van der Waals surface area contributed by atoms with E-state index in [-0.39, 0.29) is 5.91 Å². The SMILES string of the molecule is CCN1CCN(c2ccccc2NC(=O)/C=C/c2ccccc2)CC1. The number of para-hydroxylation sites is 2. The first-order valence-corrected chi connectivity index (χ1v) is 8.86. The second-order valence-electron chi connectivity index (χ2n) is 6.17. The van der Waals surface area contributed by atoms with Crippen LogP contribution in [0.1, 0.15) is 12.5 Å². The van der Waals surface area contributed by atoms with Gasteiger partial charge in [-0.05, 0) is 30.3 Å². The van der Waals surface area contributed by atoms with Crippen molar-refractivity contribution in [2.75, 3.05) is 42.9 Å². The molecule has 1 aliphatic heterocycles. The van der Waals surface area contributed by atoms with E-state index in [4.69, 9.17) is 0 Å². The monoisotopic (exact) mass is 335 g/mol. The maximum absolute atomic E-state index is 12.3. The number of anilines is 2. The van der Waals surface area contributed by atoms with Crippen molar-refractivity contribution in [1.82, 2.24) is 4.90 Å². The number of rotatable bonds is 5. The molecule has 2 aromatic carbocycles. The van der Waals surface area contributed by atoms with E-state index in [2.05, 4.69) is 28.1 Å². The third kappa shape index (κ3) is 4.70. The minimum Gasteiger partial charge on any atom is -0.367 e. The lowest BCUT2D eigenvalue weighted by molar-refractivity contribution is -0.111. The van der Waals surface area contributed by atoms with Crippen LogP contribution in [0.3, 0.4) is 0 Å². The zero-order chi connectivity index (χ0) is 17.5. The summed E-state index contributed by atoms with van der Waals surface area (Å²) in [5.41, 5.74) is 2.98. The summed E-state index contributed by atoms with van der Waals surface area (Å²) < 4.78 is 0. The van der Waals surface area contributed by atoms with Crippen molar-refractivity contribution >= 4 is 23.4 Å². The highest BCUT2D eigenvalue weighted by Gasteiger charge is 2.18. The zero-order valence-corrected chi connectivity index (χ0v) is 14.7. The lowest BCUT2D eigenvalue weighted by Gasteiger charge is -2.36. The fourth-order valence-electron chi connectivity index (χ4n) is 3.07. The van der Waals surface area contributed by atoms with Crippen molar-refractivity contribution in [2.45, 2.75) is 6.92 Å². The molecule has 0 saturated carbocycles. The van der Waals surface area contributed by atoms with Crippen molar-refractivity contribution in [3.05, 3.63) is 66.2 Å². The van der Waals surface area contributed by atoms with Gasteiger partial charge in [0.1, 0.15) is 0 Å². The quantitative estimate of drug-likeness (QED) is 0.850. The number of carbonyl (C=O) groups is 1. The van der Waals surface area contributed by atoms with Gasteiger partial charge < -0.3 is 15.1 Å². The van der Waals surface area contributed by atoms with E-state index in [9.17, 15) is 4.79 Å². The number of amides is 1. The number of piperazine rings is 1. The van der Waals surface area contributed by atoms with Gasteiger partial charge in [0.15, 0.2) is 0 Å². The van der Waals surface area contributed by atoms with Gasteiger partial charge in [-0.15, -0.1) is 0 Å². The molecule has 4 heteroatoms.